The third kappa shape index (κ3) is 5.74. The van der Waals surface area contributed by atoms with Crippen LogP contribution in [-0.2, 0) is 5.41 Å². The van der Waals surface area contributed by atoms with Gasteiger partial charge in [0.2, 0.25) is 0 Å². The molecule has 0 saturated heterocycles. The summed E-state index contributed by atoms with van der Waals surface area (Å²) in [6.45, 7) is 0. The van der Waals surface area contributed by atoms with Crippen LogP contribution in [0.3, 0.4) is 0 Å². The summed E-state index contributed by atoms with van der Waals surface area (Å²) < 4.78 is 6.56. The van der Waals surface area contributed by atoms with Gasteiger partial charge in [0.05, 0.1) is 16.8 Å². The van der Waals surface area contributed by atoms with Gasteiger partial charge in [-0.25, -0.2) is 9.97 Å². The Kier molecular flexibility index (Phi) is 8.39. The van der Waals surface area contributed by atoms with Gasteiger partial charge in [0.15, 0.2) is 5.82 Å². The van der Waals surface area contributed by atoms with E-state index in [0.717, 1.165) is 72.3 Å². The minimum absolute atomic E-state index is 0.460. The summed E-state index contributed by atoms with van der Waals surface area (Å²) in [5, 5.41) is 2.15. The van der Waals surface area contributed by atoms with E-state index in [1.807, 2.05) is 30.3 Å². The number of aromatic nitrogens is 2. The molecule has 0 fully saturated rings. The highest BCUT2D eigenvalue weighted by Gasteiger charge is 2.46. The number of benzene rings is 9. The topological polar surface area (TPSA) is 38.9 Å². The van der Waals surface area contributed by atoms with Crippen molar-refractivity contribution in [1.29, 1.82) is 0 Å². The van der Waals surface area contributed by atoms with Crippen molar-refractivity contribution < 1.29 is 4.42 Å². The lowest BCUT2D eigenvalue weighted by Crippen LogP contribution is -2.28. The molecule has 290 valence electrons. The van der Waals surface area contributed by atoms with Crippen LogP contribution in [-0.4, -0.2) is 9.97 Å². The molecule has 2 aromatic heterocycles. The minimum atomic E-state index is -0.460. The predicted octanol–water partition coefficient (Wildman–Crippen LogP) is 15.1. The summed E-state index contributed by atoms with van der Waals surface area (Å²) >= 11 is 0. The van der Waals surface area contributed by atoms with Crippen molar-refractivity contribution in [2.75, 3.05) is 0 Å². The van der Waals surface area contributed by atoms with E-state index in [9.17, 15) is 0 Å². The highest BCUT2D eigenvalue weighted by atomic mass is 16.3. The van der Waals surface area contributed by atoms with Gasteiger partial charge in [0.1, 0.15) is 11.2 Å². The molecule has 12 rings (SSSR count). The average Bonchev–Trinajstić information content (AvgIpc) is 3.89. The normalized spacial score (nSPS) is 12.6. The van der Waals surface area contributed by atoms with Gasteiger partial charge in [-0.15, -0.1) is 0 Å². The SMILES string of the molecule is c1ccc(-c2cc(-c3ccc4c(c3)-c3ccccc3C4(c3ccccc3)c3ccccc3)cc(-c3cc(-c4cccc5c4oc4ccccc45)nc(-c4ccccc4)n3)c2)cc1. The third-order valence-electron chi connectivity index (χ3n) is 12.6. The Morgan fingerprint density at radius 3 is 1.61 bits per heavy atom. The van der Waals surface area contributed by atoms with Crippen LogP contribution in [0.25, 0.3) is 89.2 Å². The molecule has 3 nitrogen and oxygen atoms in total. The Balaban J connectivity index is 1.08. The Hall–Kier alpha value is -8.14. The standard InChI is InChI=1S/C59H38N2O/c1-5-18-39(19-6-1)42-34-43(41-32-33-53-51(37-41)47-26-13-15-30-52(47)59(53,45-22-9-3-10-23-45)46-24-11-4-12-25-46)36-44(35-42)54-38-55(61-58(60-54)40-20-7-2-8-21-40)50-29-17-28-49-48-27-14-16-31-56(48)62-57(49)50/h1-38H. The molecule has 0 unspecified atom stereocenters. The molecule has 0 bridgehead atoms. The third-order valence-corrected chi connectivity index (χ3v) is 12.6. The zero-order valence-electron chi connectivity index (χ0n) is 33.7. The van der Waals surface area contributed by atoms with Gasteiger partial charge in [-0.1, -0.05) is 188 Å². The molecular weight excluding hydrogens is 753 g/mol. The molecule has 1 aliphatic rings. The van der Waals surface area contributed by atoms with Crippen LogP contribution >= 0.6 is 0 Å². The number of fused-ring (bicyclic) bond motifs is 6. The van der Waals surface area contributed by atoms with E-state index in [1.165, 1.54) is 33.4 Å². The van der Waals surface area contributed by atoms with E-state index in [4.69, 9.17) is 14.4 Å². The molecule has 2 heterocycles. The minimum Gasteiger partial charge on any atom is -0.455 e. The number of furan rings is 1. The number of para-hydroxylation sites is 2. The van der Waals surface area contributed by atoms with Crippen LogP contribution in [0.5, 0.6) is 0 Å². The number of hydrogen-bond acceptors (Lipinski definition) is 3. The first kappa shape index (κ1) is 35.8. The zero-order valence-corrected chi connectivity index (χ0v) is 33.7. The quantitative estimate of drug-likeness (QED) is 0.161. The second-order valence-electron chi connectivity index (χ2n) is 16.1. The smallest absolute Gasteiger partial charge is 0.160 e. The Bertz CT molecular complexity index is 3410. The predicted molar refractivity (Wildman–Crippen MR) is 254 cm³/mol. The van der Waals surface area contributed by atoms with Crippen molar-refractivity contribution in [3.63, 3.8) is 0 Å². The number of nitrogens with zero attached hydrogens (tertiary/aromatic N) is 2. The molecule has 9 aromatic carbocycles. The molecule has 1 aliphatic carbocycles. The van der Waals surface area contributed by atoms with E-state index < -0.39 is 5.41 Å². The molecule has 0 N–H and O–H groups in total. The molecule has 62 heavy (non-hydrogen) atoms. The highest BCUT2D eigenvalue weighted by molar-refractivity contribution is 6.09. The molecule has 0 atom stereocenters. The van der Waals surface area contributed by atoms with Crippen LogP contribution in [0.15, 0.2) is 235 Å². The van der Waals surface area contributed by atoms with Gasteiger partial charge >= 0.3 is 0 Å². The molecular formula is C59H38N2O. The molecule has 0 saturated carbocycles. The van der Waals surface area contributed by atoms with E-state index in [-0.39, 0.29) is 0 Å². The summed E-state index contributed by atoms with van der Waals surface area (Å²) in [5.41, 5.74) is 17.8. The van der Waals surface area contributed by atoms with Crippen LogP contribution in [0.4, 0.5) is 0 Å². The molecule has 11 aromatic rings. The fraction of sp³-hybridized carbons (Fsp3) is 0.0169. The van der Waals surface area contributed by atoms with Gasteiger partial charge < -0.3 is 4.42 Å². The second-order valence-corrected chi connectivity index (χ2v) is 16.1. The molecule has 0 aliphatic heterocycles. The van der Waals surface area contributed by atoms with Crippen molar-refractivity contribution in [2.45, 2.75) is 5.41 Å². The summed E-state index contributed by atoms with van der Waals surface area (Å²) in [4.78, 5) is 10.6. The molecule has 3 heteroatoms. The lowest BCUT2D eigenvalue weighted by molar-refractivity contribution is 0.670. The zero-order chi connectivity index (χ0) is 41.0. The van der Waals surface area contributed by atoms with Crippen LogP contribution in [0.2, 0.25) is 0 Å². The fourth-order valence-electron chi connectivity index (χ4n) is 9.77. The largest absolute Gasteiger partial charge is 0.455 e. The van der Waals surface area contributed by atoms with Crippen molar-refractivity contribution >= 4 is 21.9 Å². The second kappa shape index (κ2) is 14.5. The van der Waals surface area contributed by atoms with Gasteiger partial charge in [0, 0.05) is 27.5 Å². The Labute approximate surface area is 360 Å². The van der Waals surface area contributed by atoms with E-state index in [1.54, 1.807) is 0 Å². The molecule has 0 radical (unpaired) electrons. The van der Waals surface area contributed by atoms with Crippen molar-refractivity contribution in [1.82, 2.24) is 9.97 Å². The maximum Gasteiger partial charge on any atom is 0.160 e. The van der Waals surface area contributed by atoms with Crippen LogP contribution in [0, 0.1) is 0 Å². The maximum absolute atomic E-state index is 6.56. The fourth-order valence-corrected chi connectivity index (χ4v) is 9.77. The first-order valence-electron chi connectivity index (χ1n) is 21.1. The van der Waals surface area contributed by atoms with Crippen molar-refractivity contribution in [3.05, 3.63) is 253 Å². The first-order chi connectivity index (χ1) is 30.7. The lowest BCUT2D eigenvalue weighted by Gasteiger charge is -2.33. The van der Waals surface area contributed by atoms with Gasteiger partial charge in [-0.05, 0) is 98.1 Å². The average molecular weight is 791 g/mol. The summed E-state index contributed by atoms with van der Waals surface area (Å²) in [6.07, 6.45) is 0. The van der Waals surface area contributed by atoms with Gasteiger partial charge in [-0.3, -0.25) is 0 Å². The number of rotatable bonds is 7. The van der Waals surface area contributed by atoms with Gasteiger partial charge in [-0.2, -0.15) is 0 Å². The van der Waals surface area contributed by atoms with E-state index in [2.05, 4.69) is 200 Å². The molecule has 0 amide bonds. The lowest BCUT2D eigenvalue weighted by atomic mass is 9.67. The van der Waals surface area contributed by atoms with Gasteiger partial charge in [0.25, 0.3) is 0 Å². The van der Waals surface area contributed by atoms with Crippen molar-refractivity contribution in [3.8, 4) is 67.3 Å². The van der Waals surface area contributed by atoms with Crippen LogP contribution < -0.4 is 0 Å². The summed E-state index contributed by atoms with van der Waals surface area (Å²) in [5.74, 6) is 0.658. The van der Waals surface area contributed by atoms with Crippen molar-refractivity contribution in [2.24, 2.45) is 0 Å². The Morgan fingerprint density at radius 1 is 0.323 bits per heavy atom. The highest BCUT2D eigenvalue weighted by Crippen LogP contribution is 2.56. The summed E-state index contributed by atoms with van der Waals surface area (Å²) in [6, 6.07) is 82.3. The Morgan fingerprint density at radius 2 is 0.871 bits per heavy atom. The molecule has 0 spiro atoms. The monoisotopic (exact) mass is 790 g/mol. The van der Waals surface area contributed by atoms with E-state index in [0.29, 0.717) is 5.82 Å². The maximum atomic E-state index is 6.56. The first-order valence-corrected chi connectivity index (χ1v) is 21.1. The number of hydrogen-bond donors (Lipinski definition) is 0. The summed E-state index contributed by atoms with van der Waals surface area (Å²) in [7, 11) is 0. The van der Waals surface area contributed by atoms with E-state index >= 15 is 0 Å². The van der Waals surface area contributed by atoms with Crippen LogP contribution in [0.1, 0.15) is 22.3 Å².